The van der Waals surface area contributed by atoms with Crippen LogP contribution < -0.4 is 0 Å². The van der Waals surface area contributed by atoms with Crippen LogP contribution in [0.25, 0.3) is 22.2 Å². The Morgan fingerprint density at radius 1 is 0.947 bits per heavy atom. The van der Waals surface area contributed by atoms with Crippen molar-refractivity contribution in [3.05, 3.63) is 59.2 Å². The number of rotatable bonds is 1. The maximum atomic E-state index is 9.44. The number of H-pyrrole nitrogens is 1. The Morgan fingerprint density at radius 3 is 2.32 bits per heavy atom. The molecule has 3 aromatic rings. The molecule has 19 heavy (non-hydrogen) atoms. The van der Waals surface area contributed by atoms with E-state index in [4.69, 9.17) is 0 Å². The van der Waals surface area contributed by atoms with Gasteiger partial charge in [0.05, 0.1) is 11.3 Å². The minimum Gasteiger partial charge on any atom is -0.353 e. The van der Waals surface area contributed by atoms with Gasteiger partial charge in [0.1, 0.15) is 6.07 Å². The van der Waals surface area contributed by atoms with E-state index in [1.54, 1.807) is 0 Å². The summed E-state index contributed by atoms with van der Waals surface area (Å²) in [5, 5.41) is 10.4. The van der Waals surface area contributed by atoms with E-state index in [-0.39, 0.29) is 0 Å². The van der Waals surface area contributed by atoms with E-state index in [9.17, 15) is 5.26 Å². The number of hydrogen-bond donors (Lipinski definition) is 1. The topological polar surface area (TPSA) is 39.6 Å². The van der Waals surface area contributed by atoms with Crippen LogP contribution in [0.3, 0.4) is 0 Å². The van der Waals surface area contributed by atoms with Crippen LogP contribution in [0.4, 0.5) is 0 Å². The van der Waals surface area contributed by atoms with Crippen LogP contribution in [0.5, 0.6) is 0 Å². The maximum Gasteiger partial charge on any atom is 0.102 e. The van der Waals surface area contributed by atoms with Gasteiger partial charge in [0.25, 0.3) is 0 Å². The number of aromatic amines is 1. The molecule has 0 aliphatic carbocycles. The Hall–Kier alpha value is -2.53. The monoisotopic (exact) mass is 246 g/mol. The van der Waals surface area contributed by atoms with E-state index in [2.05, 4.69) is 42.2 Å². The second kappa shape index (κ2) is 4.29. The van der Waals surface area contributed by atoms with Crippen LogP contribution >= 0.6 is 0 Å². The highest BCUT2D eigenvalue weighted by molar-refractivity contribution is 5.93. The fourth-order valence-corrected chi connectivity index (χ4v) is 2.36. The van der Waals surface area contributed by atoms with Crippen molar-refractivity contribution in [2.24, 2.45) is 0 Å². The number of benzene rings is 2. The quantitative estimate of drug-likeness (QED) is 0.682. The molecule has 0 spiro atoms. The molecule has 0 atom stereocenters. The van der Waals surface area contributed by atoms with Crippen molar-refractivity contribution in [1.29, 1.82) is 5.26 Å². The predicted octanol–water partition coefficient (Wildman–Crippen LogP) is 4.32. The summed E-state index contributed by atoms with van der Waals surface area (Å²) in [5.74, 6) is 0. The molecule has 0 saturated heterocycles. The summed E-state index contributed by atoms with van der Waals surface area (Å²) >= 11 is 0. The van der Waals surface area contributed by atoms with Gasteiger partial charge < -0.3 is 4.98 Å². The second-order valence-corrected chi connectivity index (χ2v) is 4.90. The van der Waals surface area contributed by atoms with Crippen molar-refractivity contribution in [3.8, 4) is 17.3 Å². The highest BCUT2D eigenvalue weighted by Gasteiger charge is 2.12. The number of fused-ring (bicyclic) bond motifs is 1. The van der Waals surface area contributed by atoms with Gasteiger partial charge in [0, 0.05) is 10.9 Å². The number of nitrogens with zero attached hydrogens (tertiary/aromatic N) is 1. The lowest BCUT2D eigenvalue weighted by molar-refractivity contribution is 1.40. The first-order valence-electron chi connectivity index (χ1n) is 6.28. The smallest absolute Gasteiger partial charge is 0.102 e. The molecular weight excluding hydrogens is 232 g/mol. The van der Waals surface area contributed by atoms with Gasteiger partial charge in [0.2, 0.25) is 0 Å². The lowest BCUT2D eigenvalue weighted by Crippen LogP contribution is -1.82. The molecule has 2 aromatic carbocycles. The van der Waals surface area contributed by atoms with Gasteiger partial charge in [-0.25, -0.2) is 0 Å². The minimum atomic E-state index is 0.725. The SMILES string of the molecule is Cc1ccc(-c2[nH]c3ccc(C)cc3c2C#N)cc1. The van der Waals surface area contributed by atoms with E-state index < -0.39 is 0 Å². The molecule has 0 saturated carbocycles. The minimum absolute atomic E-state index is 0.725. The van der Waals surface area contributed by atoms with E-state index in [1.807, 2.05) is 25.1 Å². The Balaban J connectivity index is 2.29. The van der Waals surface area contributed by atoms with Gasteiger partial charge in [0.15, 0.2) is 0 Å². The number of aryl methyl sites for hydroxylation is 2. The summed E-state index contributed by atoms with van der Waals surface area (Å²) in [6, 6.07) is 16.7. The molecule has 1 N–H and O–H groups in total. The molecule has 2 nitrogen and oxygen atoms in total. The standard InChI is InChI=1S/C17H14N2/c1-11-3-6-13(7-4-11)17-15(10-18)14-9-12(2)5-8-16(14)19-17/h3-9,19H,1-2H3. The van der Waals surface area contributed by atoms with Crippen molar-refractivity contribution in [2.45, 2.75) is 13.8 Å². The maximum absolute atomic E-state index is 9.44. The first kappa shape index (κ1) is 11.6. The van der Waals surface area contributed by atoms with Gasteiger partial charge in [-0.15, -0.1) is 0 Å². The van der Waals surface area contributed by atoms with Crippen LogP contribution in [0, 0.1) is 25.2 Å². The molecule has 3 rings (SSSR count). The Morgan fingerprint density at radius 2 is 1.63 bits per heavy atom. The molecule has 92 valence electrons. The molecule has 0 aliphatic rings. The third kappa shape index (κ3) is 1.90. The highest BCUT2D eigenvalue weighted by atomic mass is 14.7. The van der Waals surface area contributed by atoms with E-state index in [1.165, 1.54) is 11.1 Å². The van der Waals surface area contributed by atoms with Crippen LogP contribution in [-0.4, -0.2) is 4.98 Å². The molecule has 0 fully saturated rings. The zero-order chi connectivity index (χ0) is 13.4. The fourth-order valence-electron chi connectivity index (χ4n) is 2.36. The van der Waals surface area contributed by atoms with Crippen LogP contribution in [-0.2, 0) is 0 Å². The summed E-state index contributed by atoms with van der Waals surface area (Å²) in [7, 11) is 0. The van der Waals surface area contributed by atoms with Gasteiger partial charge >= 0.3 is 0 Å². The lowest BCUT2D eigenvalue weighted by Gasteiger charge is -1.99. The molecular formula is C17H14N2. The average molecular weight is 246 g/mol. The number of hydrogen-bond acceptors (Lipinski definition) is 1. The number of aromatic nitrogens is 1. The van der Waals surface area contributed by atoms with Crippen LogP contribution in [0.2, 0.25) is 0 Å². The van der Waals surface area contributed by atoms with Gasteiger partial charge in [-0.05, 0) is 31.5 Å². The zero-order valence-electron chi connectivity index (χ0n) is 11.0. The number of nitriles is 1. The van der Waals surface area contributed by atoms with Crippen molar-refractivity contribution in [1.82, 2.24) is 4.98 Å². The first-order chi connectivity index (χ1) is 9.19. The molecule has 0 unspecified atom stereocenters. The Kier molecular flexibility index (Phi) is 2.61. The summed E-state index contributed by atoms with van der Waals surface area (Å²) in [4.78, 5) is 3.36. The van der Waals surface area contributed by atoms with Crippen LogP contribution in [0.15, 0.2) is 42.5 Å². The highest BCUT2D eigenvalue weighted by Crippen LogP contribution is 2.30. The third-order valence-corrected chi connectivity index (χ3v) is 3.41. The molecule has 0 radical (unpaired) electrons. The van der Waals surface area contributed by atoms with Crippen LogP contribution in [0.1, 0.15) is 16.7 Å². The van der Waals surface area contributed by atoms with Gasteiger partial charge in [-0.2, -0.15) is 5.26 Å². The predicted molar refractivity (Wildman–Crippen MR) is 77.9 cm³/mol. The molecule has 2 heteroatoms. The normalized spacial score (nSPS) is 10.6. The molecule has 0 aliphatic heterocycles. The summed E-state index contributed by atoms with van der Waals surface area (Å²) < 4.78 is 0. The van der Waals surface area contributed by atoms with E-state index in [0.717, 1.165) is 27.7 Å². The van der Waals surface area contributed by atoms with E-state index >= 15 is 0 Å². The second-order valence-electron chi connectivity index (χ2n) is 4.90. The Bertz CT molecular complexity index is 786. The molecule has 1 aromatic heterocycles. The first-order valence-corrected chi connectivity index (χ1v) is 6.28. The lowest BCUT2D eigenvalue weighted by atomic mass is 10.0. The third-order valence-electron chi connectivity index (χ3n) is 3.41. The average Bonchev–Trinajstić information content (AvgIpc) is 2.77. The van der Waals surface area contributed by atoms with Crippen molar-refractivity contribution in [3.63, 3.8) is 0 Å². The van der Waals surface area contributed by atoms with E-state index in [0.29, 0.717) is 0 Å². The van der Waals surface area contributed by atoms with Gasteiger partial charge in [-0.3, -0.25) is 0 Å². The number of nitrogens with one attached hydrogen (secondary N) is 1. The van der Waals surface area contributed by atoms with Crippen molar-refractivity contribution < 1.29 is 0 Å². The van der Waals surface area contributed by atoms with Gasteiger partial charge in [-0.1, -0.05) is 41.5 Å². The van der Waals surface area contributed by atoms with Crippen molar-refractivity contribution >= 4 is 10.9 Å². The fraction of sp³-hybridized carbons (Fsp3) is 0.118. The molecule has 1 heterocycles. The molecule has 0 bridgehead atoms. The summed E-state index contributed by atoms with van der Waals surface area (Å²) in [6.07, 6.45) is 0. The largest absolute Gasteiger partial charge is 0.353 e. The summed E-state index contributed by atoms with van der Waals surface area (Å²) in [6.45, 7) is 4.10. The molecule has 0 amide bonds. The zero-order valence-corrected chi connectivity index (χ0v) is 11.0. The summed E-state index contributed by atoms with van der Waals surface area (Å²) in [5.41, 5.74) is 6.08. The Labute approximate surface area is 112 Å². The van der Waals surface area contributed by atoms with Crippen molar-refractivity contribution in [2.75, 3.05) is 0 Å².